The van der Waals surface area contributed by atoms with Gasteiger partial charge in [-0.3, -0.25) is 4.79 Å². The van der Waals surface area contributed by atoms with Crippen molar-refractivity contribution >= 4 is 23.2 Å². The first kappa shape index (κ1) is 20.9. The molecule has 2 amide bonds. The molecule has 1 aliphatic rings. The van der Waals surface area contributed by atoms with Gasteiger partial charge in [-0.25, -0.2) is 4.79 Å². The number of nitrogens with one attached hydrogen (secondary N) is 2. The molecule has 1 aliphatic heterocycles. The highest BCUT2D eigenvalue weighted by Crippen LogP contribution is 2.45. The van der Waals surface area contributed by atoms with E-state index in [0.717, 1.165) is 11.3 Å². The molecule has 0 saturated carbocycles. The molecule has 1 saturated heterocycles. The number of benzene rings is 1. The van der Waals surface area contributed by atoms with Crippen LogP contribution in [0.5, 0.6) is 11.5 Å². The zero-order chi connectivity index (χ0) is 21.4. The number of phenols is 1. The number of hydrogen-bond donors (Lipinski definition) is 4. The highest BCUT2D eigenvalue weighted by atomic mass is 32.1. The number of ether oxygens (including phenoxy) is 1. The Labute approximate surface area is 167 Å². The minimum atomic E-state index is -5.33. The van der Waals surface area contributed by atoms with E-state index in [1.165, 1.54) is 41.0 Å². The molecule has 3 atom stereocenters. The Morgan fingerprint density at radius 3 is 2.66 bits per heavy atom. The van der Waals surface area contributed by atoms with Gasteiger partial charge in [-0.1, -0.05) is 12.1 Å². The third-order valence-electron chi connectivity index (χ3n) is 4.50. The predicted molar refractivity (Wildman–Crippen MR) is 96.8 cm³/mol. The average molecular weight is 430 g/mol. The second-order valence-corrected chi connectivity index (χ2v) is 7.27. The number of amides is 2. The van der Waals surface area contributed by atoms with E-state index in [-0.39, 0.29) is 28.5 Å². The Morgan fingerprint density at radius 2 is 2.07 bits per heavy atom. The third kappa shape index (κ3) is 3.75. The van der Waals surface area contributed by atoms with Crippen molar-refractivity contribution in [2.45, 2.75) is 24.9 Å². The lowest BCUT2D eigenvalue weighted by molar-refractivity contribution is -0.287. The van der Waals surface area contributed by atoms with E-state index in [1.807, 2.05) is 0 Å². The Hall–Kier alpha value is -2.79. The molecule has 156 valence electrons. The predicted octanol–water partition coefficient (Wildman–Crippen LogP) is 2.96. The van der Waals surface area contributed by atoms with Crippen LogP contribution in [0.15, 0.2) is 35.7 Å². The number of ketones is 1. The van der Waals surface area contributed by atoms with Crippen LogP contribution in [0.1, 0.15) is 28.2 Å². The van der Waals surface area contributed by atoms with Gasteiger partial charge in [-0.15, -0.1) is 11.3 Å². The van der Waals surface area contributed by atoms with E-state index in [1.54, 1.807) is 6.92 Å². The zero-order valence-electron chi connectivity index (χ0n) is 15.0. The standard InChI is InChI=1S/C18H17F3N2O5S/c1-2-28-11-8-9(5-6-10(11)24)14-13(15(25)12-4-3-7-29-12)17(27,18(19,20)21)23-16(26)22-14/h3-8,13-14,24,27H,2H2,1H3,(H2,22,23,26). The lowest BCUT2D eigenvalue weighted by Gasteiger charge is -2.44. The molecule has 1 aromatic carbocycles. The molecule has 0 aliphatic carbocycles. The number of carbonyl (C=O) groups is 2. The fourth-order valence-electron chi connectivity index (χ4n) is 3.18. The minimum Gasteiger partial charge on any atom is -0.504 e. The summed E-state index contributed by atoms with van der Waals surface area (Å²) in [5.41, 5.74) is -3.75. The summed E-state index contributed by atoms with van der Waals surface area (Å²) in [6, 6.07) is 3.64. The number of carbonyl (C=O) groups excluding carboxylic acids is 2. The summed E-state index contributed by atoms with van der Waals surface area (Å²) in [5, 5.41) is 25.6. The summed E-state index contributed by atoms with van der Waals surface area (Å²) in [7, 11) is 0. The molecular weight excluding hydrogens is 413 g/mol. The number of hydrogen-bond acceptors (Lipinski definition) is 6. The fourth-order valence-corrected chi connectivity index (χ4v) is 3.89. The summed E-state index contributed by atoms with van der Waals surface area (Å²) in [4.78, 5) is 24.9. The van der Waals surface area contributed by atoms with Crippen molar-refractivity contribution in [2.75, 3.05) is 6.61 Å². The molecule has 11 heteroatoms. The molecule has 0 radical (unpaired) electrons. The van der Waals surface area contributed by atoms with Crippen LogP contribution in [0.4, 0.5) is 18.0 Å². The van der Waals surface area contributed by atoms with Gasteiger partial charge in [-0.05, 0) is 36.1 Å². The average Bonchev–Trinajstić information content (AvgIpc) is 3.16. The van der Waals surface area contributed by atoms with Gasteiger partial charge in [0.25, 0.3) is 0 Å². The maximum absolute atomic E-state index is 13.8. The molecule has 3 rings (SSSR count). The second-order valence-electron chi connectivity index (χ2n) is 6.32. The van der Waals surface area contributed by atoms with Crippen molar-refractivity contribution in [3.05, 3.63) is 46.2 Å². The van der Waals surface area contributed by atoms with Crippen LogP contribution in [0.25, 0.3) is 0 Å². The highest BCUT2D eigenvalue weighted by Gasteiger charge is 2.66. The molecule has 0 bridgehead atoms. The number of aromatic hydroxyl groups is 1. The monoisotopic (exact) mass is 430 g/mol. The van der Waals surface area contributed by atoms with E-state index >= 15 is 0 Å². The highest BCUT2D eigenvalue weighted by molar-refractivity contribution is 7.12. The van der Waals surface area contributed by atoms with Gasteiger partial charge in [0.1, 0.15) is 5.92 Å². The Bertz CT molecular complexity index is 919. The van der Waals surface area contributed by atoms with E-state index in [4.69, 9.17) is 4.74 Å². The van der Waals surface area contributed by atoms with Gasteiger partial charge < -0.3 is 25.6 Å². The molecule has 2 aromatic rings. The van der Waals surface area contributed by atoms with Gasteiger partial charge in [0.05, 0.1) is 17.5 Å². The summed E-state index contributed by atoms with van der Waals surface area (Å²) < 4.78 is 46.6. The summed E-state index contributed by atoms with van der Waals surface area (Å²) in [6.07, 6.45) is -5.33. The Kier molecular flexibility index (Phi) is 5.46. The third-order valence-corrected chi connectivity index (χ3v) is 5.38. The van der Waals surface area contributed by atoms with Crippen LogP contribution in [0.3, 0.4) is 0 Å². The molecule has 29 heavy (non-hydrogen) atoms. The van der Waals surface area contributed by atoms with Gasteiger partial charge in [0.15, 0.2) is 17.3 Å². The maximum atomic E-state index is 13.8. The molecule has 3 unspecified atom stereocenters. The summed E-state index contributed by atoms with van der Waals surface area (Å²) in [5.74, 6) is -3.42. The number of thiophene rings is 1. The molecule has 1 aromatic heterocycles. The van der Waals surface area contributed by atoms with Crippen LogP contribution in [0.2, 0.25) is 0 Å². The smallest absolute Gasteiger partial charge is 0.437 e. The summed E-state index contributed by atoms with van der Waals surface area (Å²) in [6.45, 7) is 1.81. The molecule has 7 nitrogen and oxygen atoms in total. The fraction of sp³-hybridized carbons (Fsp3) is 0.333. The Morgan fingerprint density at radius 1 is 1.34 bits per heavy atom. The lowest BCUT2D eigenvalue weighted by Crippen LogP contribution is -2.72. The van der Waals surface area contributed by atoms with Crippen molar-refractivity contribution in [1.82, 2.24) is 10.6 Å². The van der Waals surface area contributed by atoms with E-state index < -0.39 is 35.7 Å². The van der Waals surface area contributed by atoms with Crippen LogP contribution >= 0.6 is 11.3 Å². The van der Waals surface area contributed by atoms with Crippen LogP contribution in [-0.2, 0) is 0 Å². The number of phenolic OH excluding ortho intramolecular Hbond substituents is 1. The van der Waals surface area contributed by atoms with Crippen molar-refractivity contribution < 1.29 is 37.7 Å². The van der Waals surface area contributed by atoms with Gasteiger partial charge >= 0.3 is 12.2 Å². The van der Waals surface area contributed by atoms with Crippen LogP contribution in [-0.4, -0.2) is 40.5 Å². The number of rotatable bonds is 5. The first-order valence-corrected chi connectivity index (χ1v) is 9.37. The number of Topliss-reactive ketones (excluding diaryl/α,β-unsaturated/α-hetero) is 1. The quantitative estimate of drug-likeness (QED) is 0.546. The largest absolute Gasteiger partial charge is 0.504 e. The molecule has 4 N–H and O–H groups in total. The number of aliphatic hydroxyl groups is 1. The first-order chi connectivity index (χ1) is 13.6. The van der Waals surface area contributed by atoms with E-state index in [0.29, 0.717) is 0 Å². The molecule has 1 fully saturated rings. The SMILES string of the molecule is CCOc1cc(C2NC(=O)NC(O)(C(F)(F)F)C2C(=O)c2cccs2)ccc1O. The minimum absolute atomic E-state index is 0.00978. The van der Waals surface area contributed by atoms with Crippen molar-refractivity contribution in [3.8, 4) is 11.5 Å². The van der Waals surface area contributed by atoms with Gasteiger partial charge in [-0.2, -0.15) is 13.2 Å². The summed E-state index contributed by atoms with van der Waals surface area (Å²) >= 11 is 0.915. The number of alkyl halides is 3. The van der Waals surface area contributed by atoms with Gasteiger partial charge in [0.2, 0.25) is 5.72 Å². The van der Waals surface area contributed by atoms with Crippen LogP contribution in [0, 0.1) is 5.92 Å². The lowest BCUT2D eigenvalue weighted by atomic mass is 9.78. The van der Waals surface area contributed by atoms with Crippen molar-refractivity contribution in [1.29, 1.82) is 0 Å². The van der Waals surface area contributed by atoms with Crippen LogP contribution < -0.4 is 15.4 Å². The van der Waals surface area contributed by atoms with Crippen molar-refractivity contribution in [3.63, 3.8) is 0 Å². The topological polar surface area (TPSA) is 108 Å². The van der Waals surface area contributed by atoms with E-state index in [9.17, 15) is 33.0 Å². The maximum Gasteiger partial charge on any atom is 0.437 e. The number of halogens is 3. The first-order valence-electron chi connectivity index (χ1n) is 8.49. The van der Waals surface area contributed by atoms with Crippen molar-refractivity contribution in [2.24, 2.45) is 5.92 Å². The second kappa shape index (κ2) is 7.56. The number of urea groups is 1. The van der Waals surface area contributed by atoms with Gasteiger partial charge in [0, 0.05) is 0 Å². The van der Waals surface area contributed by atoms with E-state index in [2.05, 4.69) is 5.32 Å². The molecule has 0 spiro atoms. The normalized spacial score (nSPS) is 24.5. The zero-order valence-corrected chi connectivity index (χ0v) is 15.8. The molecule has 2 heterocycles. The molecular formula is C18H17F3N2O5S. The Balaban J connectivity index is 2.15.